The van der Waals surface area contributed by atoms with Gasteiger partial charge in [0.05, 0.1) is 6.42 Å². The lowest BCUT2D eigenvalue weighted by Crippen LogP contribution is -2.14. The van der Waals surface area contributed by atoms with Gasteiger partial charge in [-0.15, -0.1) is 0 Å². The van der Waals surface area contributed by atoms with Crippen LogP contribution in [0.25, 0.3) is 6.08 Å². The molecule has 0 aliphatic carbocycles. The highest BCUT2D eigenvalue weighted by Crippen LogP contribution is 2.11. The van der Waals surface area contributed by atoms with Crippen molar-refractivity contribution in [3.8, 4) is 0 Å². The van der Waals surface area contributed by atoms with Crippen LogP contribution < -0.4 is 11.1 Å². The van der Waals surface area contributed by atoms with Crippen molar-refractivity contribution in [1.29, 1.82) is 0 Å². The van der Waals surface area contributed by atoms with Crippen LogP contribution in [0.2, 0.25) is 0 Å². The monoisotopic (exact) mass is 308 g/mol. The second-order valence-electron chi connectivity index (χ2n) is 5.41. The van der Waals surface area contributed by atoms with E-state index in [-0.39, 0.29) is 18.2 Å². The number of benzene rings is 2. The molecule has 0 aliphatic rings. The predicted molar refractivity (Wildman–Crippen MR) is 92.8 cm³/mol. The zero-order valence-electron chi connectivity index (χ0n) is 13.1. The van der Waals surface area contributed by atoms with Crippen molar-refractivity contribution < 1.29 is 9.59 Å². The Morgan fingerprint density at radius 1 is 1.04 bits per heavy atom. The predicted octanol–water partition coefficient (Wildman–Crippen LogP) is 3.06. The van der Waals surface area contributed by atoms with E-state index < -0.39 is 0 Å². The number of carbonyl (C=O) groups excluding carboxylic acids is 2. The quantitative estimate of drug-likeness (QED) is 0.861. The Morgan fingerprint density at radius 3 is 2.30 bits per heavy atom. The molecule has 0 radical (unpaired) electrons. The minimum atomic E-state index is -0.372. The molecule has 0 saturated heterocycles. The molecule has 0 unspecified atom stereocenters. The van der Waals surface area contributed by atoms with Crippen LogP contribution in [0.5, 0.6) is 0 Å². The van der Waals surface area contributed by atoms with Crippen LogP contribution in [0.1, 0.15) is 23.1 Å². The van der Waals surface area contributed by atoms with Crippen LogP contribution in [-0.4, -0.2) is 11.8 Å². The van der Waals surface area contributed by atoms with Gasteiger partial charge in [-0.05, 0) is 30.2 Å². The number of nitrogens with two attached hydrogens (primary N) is 1. The van der Waals surface area contributed by atoms with E-state index >= 15 is 0 Å². The molecular formula is C19H20N2O2. The highest BCUT2D eigenvalue weighted by Gasteiger charge is 2.02. The van der Waals surface area contributed by atoms with E-state index in [9.17, 15) is 9.59 Å². The van der Waals surface area contributed by atoms with Crippen LogP contribution in [0.4, 0.5) is 5.69 Å². The Bertz CT molecular complexity index is 701. The van der Waals surface area contributed by atoms with Crippen molar-refractivity contribution in [2.75, 3.05) is 5.32 Å². The molecule has 2 amide bonds. The number of anilines is 1. The second-order valence-corrected chi connectivity index (χ2v) is 5.41. The zero-order chi connectivity index (χ0) is 16.7. The van der Waals surface area contributed by atoms with Gasteiger partial charge in [-0.3, -0.25) is 9.59 Å². The molecule has 2 aromatic carbocycles. The Morgan fingerprint density at radius 2 is 1.70 bits per heavy atom. The Labute approximate surface area is 136 Å². The molecule has 23 heavy (non-hydrogen) atoms. The highest BCUT2D eigenvalue weighted by atomic mass is 16.1. The van der Waals surface area contributed by atoms with E-state index in [1.165, 1.54) is 5.56 Å². The lowest BCUT2D eigenvalue weighted by atomic mass is 10.1. The van der Waals surface area contributed by atoms with Gasteiger partial charge in [0.15, 0.2) is 0 Å². The molecule has 0 aromatic heterocycles. The summed E-state index contributed by atoms with van der Waals surface area (Å²) in [5.74, 6) is -0.459. The smallest absolute Gasteiger partial charge is 0.228 e. The van der Waals surface area contributed by atoms with Gasteiger partial charge in [0.1, 0.15) is 0 Å². The molecule has 2 rings (SSSR count). The summed E-state index contributed by atoms with van der Waals surface area (Å²) in [5.41, 5.74) is 8.94. The molecule has 0 aliphatic heterocycles. The van der Waals surface area contributed by atoms with Crippen molar-refractivity contribution in [1.82, 2.24) is 0 Å². The first-order valence-corrected chi connectivity index (χ1v) is 7.43. The third-order valence-electron chi connectivity index (χ3n) is 3.31. The molecule has 0 bridgehead atoms. The van der Waals surface area contributed by atoms with Crippen LogP contribution in [0, 0.1) is 6.92 Å². The van der Waals surface area contributed by atoms with Gasteiger partial charge in [-0.1, -0.05) is 54.1 Å². The first-order chi connectivity index (χ1) is 11.0. The normalized spacial score (nSPS) is 10.7. The van der Waals surface area contributed by atoms with E-state index in [1.807, 2.05) is 43.3 Å². The molecular weight excluding hydrogens is 288 g/mol. The fraction of sp³-hybridized carbons (Fsp3) is 0.158. The van der Waals surface area contributed by atoms with Crippen LogP contribution in [0.3, 0.4) is 0 Å². The Kier molecular flexibility index (Phi) is 5.69. The van der Waals surface area contributed by atoms with E-state index in [0.29, 0.717) is 12.1 Å². The third kappa shape index (κ3) is 5.79. The molecule has 0 saturated carbocycles. The molecule has 0 spiro atoms. The molecule has 3 N–H and O–H groups in total. The second kappa shape index (κ2) is 7.94. The number of primary amides is 1. The van der Waals surface area contributed by atoms with Crippen molar-refractivity contribution in [2.45, 2.75) is 19.8 Å². The molecule has 0 heterocycles. The van der Waals surface area contributed by atoms with Crippen molar-refractivity contribution in [2.24, 2.45) is 5.73 Å². The molecule has 4 nitrogen and oxygen atoms in total. The van der Waals surface area contributed by atoms with E-state index in [2.05, 4.69) is 5.32 Å². The summed E-state index contributed by atoms with van der Waals surface area (Å²) in [7, 11) is 0. The summed E-state index contributed by atoms with van der Waals surface area (Å²) in [6.07, 6.45) is 4.26. The summed E-state index contributed by atoms with van der Waals surface area (Å²) in [6.45, 7) is 2.04. The van der Waals surface area contributed by atoms with Gasteiger partial charge in [-0.25, -0.2) is 0 Å². The fourth-order valence-corrected chi connectivity index (χ4v) is 2.10. The van der Waals surface area contributed by atoms with Gasteiger partial charge >= 0.3 is 0 Å². The highest BCUT2D eigenvalue weighted by molar-refractivity contribution is 5.92. The minimum Gasteiger partial charge on any atom is -0.369 e. The van der Waals surface area contributed by atoms with Crippen molar-refractivity contribution in [3.05, 3.63) is 71.3 Å². The van der Waals surface area contributed by atoms with Crippen LogP contribution in [0.15, 0.2) is 54.6 Å². The number of amides is 2. The number of aryl methyl sites for hydroxylation is 1. The minimum absolute atomic E-state index is 0.0870. The summed E-state index contributed by atoms with van der Waals surface area (Å²) in [4.78, 5) is 22.7. The average molecular weight is 308 g/mol. The van der Waals surface area contributed by atoms with Gasteiger partial charge in [-0.2, -0.15) is 0 Å². The lowest BCUT2D eigenvalue weighted by Gasteiger charge is -2.04. The fourth-order valence-electron chi connectivity index (χ4n) is 2.10. The SMILES string of the molecule is Cc1ccc(C=CCC(=O)Nc2ccc(CC(N)=O)cc2)cc1. The van der Waals surface area contributed by atoms with Gasteiger partial charge in [0.25, 0.3) is 0 Å². The topological polar surface area (TPSA) is 72.2 Å². The number of hydrogen-bond donors (Lipinski definition) is 2. The first-order valence-electron chi connectivity index (χ1n) is 7.43. The lowest BCUT2D eigenvalue weighted by molar-refractivity contribution is -0.117. The Hall–Kier alpha value is -2.88. The third-order valence-corrected chi connectivity index (χ3v) is 3.31. The van der Waals surface area contributed by atoms with E-state index in [1.54, 1.807) is 24.3 Å². The van der Waals surface area contributed by atoms with Crippen molar-refractivity contribution >= 4 is 23.6 Å². The van der Waals surface area contributed by atoms with Gasteiger partial charge < -0.3 is 11.1 Å². The molecule has 4 heteroatoms. The van der Waals surface area contributed by atoms with E-state index in [0.717, 1.165) is 11.1 Å². The number of nitrogens with one attached hydrogen (secondary N) is 1. The molecule has 2 aromatic rings. The van der Waals surface area contributed by atoms with E-state index in [4.69, 9.17) is 5.73 Å². The number of hydrogen-bond acceptors (Lipinski definition) is 2. The largest absolute Gasteiger partial charge is 0.369 e. The molecule has 0 atom stereocenters. The maximum absolute atomic E-state index is 11.9. The van der Waals surface area contributed by atoms with Crippen LogP contribution in [-0.2, 0) is 16.0 Å². The van der Waals surface area contributed by atoms with Crippen LogP contribution >= 0.6 is 0 Å². The van der Waals surface area contributed by atoms with Gasteiger partial charge in [0.2, 0.25) is 11.8 Å². The summed E-state index contributed by atoms with van der Waals surface area (Å²) in [6, 6.07) is 15.2. The van der Waals surface area contributed by atoms with Gasteiger partial charge in [0, 0.05) is 12.1 Å². The molecule has 0 fully saturated rings. The summed E-state index contributed by atoms with van der Waals surface area (Å²) in [5, 5.41) is 2.81. The summed E-state index contributed by atoms with van der Waals surface area (Å²) >= 11 is 0. The zero-order valence-corrected chi connectivity index (χ0v) is 13.1. The average Bonchev–Trinajstić information content (AvgIpc) is 2.51. The maximum Gasteiger partial charge on any atom is 0.228 e. The summed E-state index contributed by atoms with van der Waals surface area (Å²) < 4.78 is 0. The first kappa shape index (κ1) is 16.5. The standard InChI is InChI=1S/C19H20N2O2/c1-14-5-7-15(8-6-14)3-2-4-19(23)21-17-11-9-16(10-12-17)13-18(20)22/h2-3,5-12H,4,13H2,1H3,(H2,20,22)(H,21,23). The maximum atomic E-state index is 11.9. The number of rotatable bonds is 6. The molecule has 118 valence electrons. The van der Waals surface area contributed by atoms with Crippen molar-refractivity contribution in [3.63, 3.8) is 0 Å². The number of carbonyl (C=O) groups is 2. The Balaban J connectivity index is 1.84.